The molecule has 0 saturated carbocycles. The van der Waals surface area contributed by atoms with E-state index in [1.807, 2.05) is 0 Å². The number of benzene rings is 3. The third-order valence-electron chi connectivity index (χ3n) is 5.99. The molecule has 0 aromatic heterocycles. The lowest BCUT2D eigenvalue weighted by Gasteiger charge is -2.44. The van der Waals surface area contributed by atoms with Gasteiger partial charge in [0.05, 0.1) is 13.7 Å². The second-order valence-corrected chi connectivity index (χ2v) is 13.4. The van der Waals surface area contributed by atoms with Crippen molar-refractivity contribution in [3.63, 3.8) is 0 Å². The molecule has 1 unspecified atom stereocenters. The van der Waals surface area contributed by atoms with Crippen molar-refractivity contribution in [1.82, 2.24) is 5.32 Å². The van der Waals surface area contributed by atoms with Gasteiger partial charge in [-0.25, -0.2) is 0 Å². The molecule has 146 valence electrons. The molecule has 3 aromatic carbocycles. The minimum Gasteiger partial charge on any atom is -0.496 e. The Labute approximate surface area is 168 Å². The van der Waals surface area contributed by atoms with Crippen LogP contribution in [0.4, 0.5) is 0 Å². The van der Waals surface area contributed by atoms with E-state index in [2.05, 4.69) is 99.0 Å². The van der Waals surface area contributed by atoms with E-state index in [1.54, 1.807) is 7.11 Å². The van der Waals surface area contributed by atoms with E-state index in [4.69, 9.17) is 9.47 Å². The maximum Gasteiger partial charge on any atom is 0.141 e. The van der Waals surface area contributed by atoms with Crippen LogP contribution in [0.3, 0.4) is 0 Å². The predicted molar refractivity (Wildman–Crippen MR) is 119 cm³/mol. The SMILES string of the molecule is COc1cc2ccccc2cc1C1([Si](C)(C)c2ccccc2)NC(C)(C)CO1. The van der Waals surface area contributed by atoms with Gasteiger partial charge in [-0.1, -0.05) is 72.9 Å². The van der Waals surface area contributed by atoms with Gasteiger partial charge in [-0.3, -0.25) is 5.32 Å². The van der Waals surface area contributed by atoms with Gasteiger partial charge in [0, 0.05) is 11.1 Å². The molecule has 0 aliphatic carbocycles. The summed E-state index contributed by atoms with van der Waals surface area (Å²) in [5, 5.41) is 7.05. The summed E-state index contributed by atoms with van der Waals surface area (Å²) < 4.78 is 12.6. The lowest BCUT2D eigenvalue weighted by molar-refractivity contribution is 0.0483. The highest BCUT2D eigenvalue weighted by Crippen LogP contribution is 2.44. The largest absolute Gasteiger partial charge is 0.496 e. The molecule has 3 aromatic rings. The smallest absolute Gasteiger partial charge is 0.141 e. The van der Waals surface area contributed by atoms with Crippen molar-refractivity contribution in [1.29, 1.82) is 0 Å². The Balaban J connectivity index is 1.99. The van der Waals surface area contributed by atoms with E-state index >= 15 is 0 Å². The van der Waals surface area contributed by atoms with Crippen LogP contribution < -0.4 is 15.2 Å². The summed E-state index contributed by atoms with van der Waals surface area (Å²) in [6.45, 7) is 9.83. The van der Waals surface area contributed by atoms with Gasteiger partial charge in [0.15, 0.2) is 0 Å². The summed E-state index contributed by atoms with van der Waals surface area (Å²) in [5.41, 5.74) is 0.982. The lowest BCUT2D eigenvalue weighted by Crippen LogP contribution is -2.67. The van der Waals surface area contributed by atoms with Crippen LogP contribution in [0, 0.1) is 0 Å². The normalized spacial score (nSPS) is 21.8. The molecule has 1 N–H and O–H groups in total. The van der Waals surface area contributed by atoms with Crippen LogP contribution in [0.5, 0.6) is 5.75 Å². The number of rotatable bonds is 4. The van der Waals surface area contributed by atoms with Gasteiger partial charge in [0.25, 0.3) is 0 Å². The molecular formula is C24H29NO2Si. The summed E-state index contributed by atoms with van der Waals surface area (Å²) in [4.78, 5) is 0. The first-order valence-electron chi connectivity index (χ1n) is 9.85. The molecule has 1 aliphatic heterocycles. The van der Waals surface area contributed by atoms with Crippen LogP contribution >= 0.6 is 0 Å². The van der Waals surface area contributed by atoms with E-state index in [0.29, 0.717) is 6.61 Å². The van der Waals surface area contributed by atoms with E-state index in [1.165, 1.54) is 16.0 Å². The Kier molecular flexibility index (Phi) is 4.61. The third kappa shape index (κ3) is 2.96. The Bertz CT molecular complexity index is 1000. The van der Waals surface area contributed by atoms with Gasteiger partial charge < -0.3 is 9.47 Å². The average Bonchev–Trinajstić information content (AvgIpc) is 3.04. The Morgan fingerprint density at radius 3 is 2.11 bits per heavy atom. The molecule has 1 heterocycles. The highest BCUT2D eigenvalue weighted by Gasteiger charge is 2.57. The number of fused-ring (bicyclic) bond motifs is 1. The Morgan fingerprint density at radius 2 is 1.54 bits per heavy atom. The molecule has 0 spiro atoms. The van der Waals surface area contributed by atoms with Gasteiger partial charge in [-0.05, 0) is 36.8 Å². The fourth-order valence-corrected chi connectivity index (χ4v) is 7.76. The van der Waals surface area contributed by atoms with E-state index in [9.17, 15) is 0 Å². The van der Waals surface area contributed by atoms with Crippen LogP contribution in [-0.4, -0.2) is 27.3 Å². The lowest BCUT2D eigenvalue weighted by atomic mass is 10.0. The molecule has 3 nitrogen and oxygen atoms in total. The molecule has 1 fully saturated rings. The zero-order valence-electron chi connectivity index (χ0n) is 17.4. The summed E-state index contributed by atoms with van der Waals surface area (Å²) in [6, 6.07) is 23.6. The number of hydrogen-bond donors (Lipinski definition) is 1. The van der Waals surface area contributed by atoms with Crippen molar-refractivity contribution in [2.24, 2.45) is 0 Å². The highest BCUT2D eigenvalue weighted by atomic mass is 28.3. The van der Waals surface area contributed by atoms with Crippen molar-refractivity contribution < 1.29 is 9.47 Å². The van der Waals surface area contributed by atoms with Crippen LogP contribution in [0.2, 0.25) is 13.1 Å². The van der Waals surface area contributed by atoms with Gasteiger partial charge in [0.1, 0.15) is 19.2 Å². The number of hydrogen-bond acceptors (Lipinski definition) is 3. The quantitative estimate of drug-likeness (QED) is 0.662. The number of methoxy groups -OCH3 is 1. The van der Waals surface area contributed by atoms with Crippen molar-refractivity contribution in [3.8, 4) is 5.75 Å². The number of ether oxygens (including phenoxy) is 2. The van der Waals surface area contributed by atoms with E-state index in [-0.39, 0.29) is 5.54 Å². The van der Waals surface area contributed by atoms with Gasteiger partial charge >= 0.3 is 0 Å². The molecule has 4 rings (SSSR count). The van der Waals surface area contributed by atoms with Crippen LogP contribution in [-0.2, 0) is 10.1 Å². The highest BCUT2D eigenvalue weighted by molar-refractivity contribution is 6.91. The molecule has 1 saturated heterocycles. The summed E-state index contributed by atoms with van der Waals surface area (Å²) >= 11 is 0. The first kappa shape index (κ1) is 19.2. The van der Waals surface area contributed by atoms with Crippen LogP contribution in [0.15, 0.2) is 66.7 Å². The fourth-order valence-electron chi connectivity index (χ4n) is 4.38. The molecule has 1 atom stereocenters. The van der Waals surface area contributed by atoms with E-state index < -0.39 is 13.4 Å². The zero-order valence-corrected chi connectivity index (χ0v) is 18.4. The van der Waals surface area contributed by atoms with Crippen molar-refractivity contribution in [2.75, 3.05) is 13.7 Å². The monoisotopic (exact) mass is 391 g/mol. The van der Waals surface area contributed by atoms with Gasteiger partial charge in [-0.2, -0.15) is 0 Å². The van der Waals surface area contributed by atoms with Crippen molar-refractivity contribution in [3.05, 3.63) is 72.3 Å². The minimum atomic E-state index is -2.17. The molecular weight excluding hydrogens is 362 g/mol. The zero-order chi connectivity index (χ0) is 20.0. The standard InChI is InChI=1S/C24H29NO2Si/c1-23(2)17-27-24(25-23,28(4,5)20-13-7-6-8-14-20)21-15-18-11-9-10-12-19(18)16-22(21)26-3/h6-16,25H,17H2,1-5H3. The second-order valence-electron chi connectivity index (χ2n) is 8.87. The van der Waals surface area contributed by atoms with Crippen molar-refractivity contribution in [2.45, 2.75) is 37.8 Å². The molecule has 0 radical (unpaired) electrons. The number of nitrogens with one attached hydrogen (secondary N) is 1. The molecule has 1 aliphatic rings. The fraction of sp³-hybridized carbons (Fsp3) is 0.333. The third-order valence-corrected chi connectivity index (χ3v) is 10.1. The Hall–Kier alpha value is -2.14. The van der Waals surface area contributed by atoms with Crippen molar-refractivity contribution >= 4 is 24.0 Å². The molecule has 28 heavy (non-hydrogen) atoms. The Morgan fingerprint density at radius 1 is 0.929 bits per heavy atom. The minimum absolute atomic E-state index is 0.115. The topological polar surface area (TPSA) is 30.5 Å². The molecule has 0 amide bonds. The van der Waals surface area contributed by atoms with Crippen LogP contribution in [0.1, 0.15) is 19.4 Å². The van der Waals surface area contributed by atoms with Gasteiger partial charge in [0.2, 0.25) is 0 Å². The molecule has 0 bridgehead atoms. The summed E-state index contributed by atoms with van der Waals surface area (Å²) in [6.07, 6.45) is 0. The maximum atomic E-state index is 6.72. The van der Waals surface area contributed by atoms with E-state index in [0.717, 1.165) is 11.3 Å². The van der Waals surface area contributed by atoms with Crippen LogP contribution in [0.25, 0.3) is 10.8 Å². The second kappa shape index (κ2) is 6.73. The van der Waals surface area contributed by atoms with Gasteiger partial charge in [-0.15, -0.1) is 0 Å². The predicted octanol–water partition coefficient (Wildman–Crippen LogP) is 4.55. The first-order valence-corrected chi connectivity index (χ1v) is 12.9. The summed E-state index contributed by atoms with van der Waals surface area (Å²) in [5.74, 6) is 0.875. The molecule has 4 heteroatoms. The maximum absolute atomic E-state index is 6.72. The summed E-state index contributed by atoms with van der Waals surface area (Å²) in [7, 11) is -0.426. The first-order chi connectivity index (χ1) is 13.3. The average molecular weight is 392 g/mol.